The number of piperidine rings is 1. The second-order valence-electron chi connectivity index (χ2n) is 6.88. The summed E-state index contributed by atoms with van der Waals surface area (Å²) in [6.45, 7) is 13.2. The fourth-order valence-electron chi connectivity index (χ4n) is 3.15. The second kappa shape index (κ2) is 15.2. The summed E-state index contributed by atoms with van der Waals surface area (Å²) in [5.41, 5.74) is 0.418. The maximum absolute atomic E-state index is 12.9. The summed E-state index contributed by atoms with van der Waals surface area (Å²) in [7, 11) is 1.41. The minimum absolute atomic E-state index is 0.00000713. The minimum Gasteiger partial charge on any atom is -0.481 e. The molecule has 3 atom stereocenters. The predicted molar refractivity (Wildman–Crippen MR) is 125 cm³/mol. The molecule has 1 amide bonds. The third-order valence-electron chi connectivity index (χ3n) is 4.67. The van der Waals surface area contributed by atoms with E-state index in [9.17, 15) is 9.18 Å². The van der Waals surface area contributed by atoms with Crippen LogP contribution in [-0.2, 0) is 9.53 Å². The van der Waals surface area contributed by atoms with E-state index in [-0.39, 0.29) is 17.7 Å². The van der Waals surface area contributed by atoms with Crippen LogP contribution in [0.1, 0.15) is 48.0 Å². The molecule has 0 aliphatic carbocycles. The molecule has 0 bridgehead atoms. The van der Waals surface area contributed by atoms with Crippen molar-refractivity contribution in [2.24, 2.45) is 11.8 Å². The zero-order chi connectivity index (χ0) is 24.0. The van der Waals surface area contributed by atoms with Crippen LogP contribution in [0.15, 0.2) is 30.5 Å². The number of aromatic nitrogens is 1. The van der Waals surface area contributed by atoms with Gasteiger partial charge in [0.05, 0.1) is 19.3 Å². The first kappa shape index (κ1) is 28.4. The number of rotatable bonds is 6. The number of hydrogen-bond donors (Lipinski definition) is 3. The Kier molecular flexibility index (Phi) is 13.9. The zero-order valence-corrected chi connectivity index (χ0v) is 19.8. The first-order valence-corrected chi connectivity index (χ1v) is 10.9. The van der Waals surface area contributed by atoms with E-state index in [0.29, 0.717) is 24.0 Å². The van der Waals surface area contributed by atoms with Crippen molar-refractivity contribution in [2.75, 3.05) is 25.5 Å². The molecule has 0 radical (unpaired) electrons. The number of methoxy groups -OCH3 is 1. The molecule has 1 aliphatic rings. The molecule has 1 aliphatic heterocycles. The van der Waals surface area contributed by atoms with Crippen LogP contribution in [-0.4, -0.2) is 53.6 Å². The van der Waals surface area contributed by atoms with Gasteiger partial charge in [-0.1, -0.05) is 34.6 Å². The zero-order valence-electron chi connectivity index (χ0n) is 19.8. The maximum Gasteiger partial charge on any atom is 0.242 e. The van der Waals surface area contributed by atoms with Crippen LogP contribution in [0, 0.1) is 28.5 Å². The molecular formula is C23H38FN5O2. The van der Waals surface area contributed by atoms with Crippen LogP contribution < -0.4 is 5.32 Å². The van der Waals surface area contributed by atoms with Gasteiger partial charge in [0.1, 0.15) is 11.6 Å². The summed E-state index contributed by atoms with van der Waals surface area (Å²) < 4.78 is 17.7. The number of pyridine rings is 1. The van der Waals surface area contributed by atoms with Gasteiger partial charge in [-0.05, 0) is 37.5 Å². The van der Waals surface area contributed by atoms with Gasteiger partial charge in [-0.2, -0.15) is 0 Å². The van der Waals surface area contributed by atoms with Crippen LogP contribution in [0.4, 0.5) is 10.2 Å². The Hall–Kier alpha value is -2.61. The smallest absolute Gasteiger partial charge is 0.242 e. The Balaban J connectivity index is 0.00000212. The quantitative estimate of drug-likeness (QED) is 0.443. The largest absolute Gasteiger partial charge is 0.481 e. The summed E-state index contributed by atoms with van der Waals surface area (Å²) in [5.74, 6) is -0.0527. The minimum atomic E-state index is -0.457. The van der Waals surface area contributed by atoms with Crippen molar-refractivity contribution in [1.29, 1.82) is 10.8 Å². The lowest BCUT2D eigenvalue weighted by Gasteiger charge is -2.39. The lowest BCUT2D eigenvalue weighted by atomic mass is 9.86. The van der Waals surface area contributed by atoms with E-state index in [4.69, 9.17) is 15.6 Å². The van der Waals surface area contributed by atoms with Crippen molar-refractivity contribution < 1.29 is 13.9 Å². The summed E-state index contributed by atoms with van der Waals surface area (Å²) in [6.07, 6.45) is 4.96. The van der Waals surface area contributed by atoms with Gasteiger partial charge in [-0.25, -0.2) is 9.37 Å². The van der Waals surface area contributed by atoms with Crippen molar-refractivity contribution in [3.63, 3.8) is 0 Å². The van der Waals surface area contributed by atoms with Crippen molar-refractivity contribution in [2.45, 2.75) is 54.0 Å². The highest BCUT2D eigenvalue weighted by atomic mass is 19.1. The van der Waals surface area contributed by atoms with E-state index in [2.05, 4.69) is 17.2 Å². The highest BCUT2D eigenvalue weighted by Crippen LogP contribution is 2.25. The Labute approximate surface area is 186 Å². The molecule has 3 unspecified atom stereocenters. The summed E-state index contributed by atoms with van der Waals surface area (Å²) in [4.78, 5) is 18.4. The summed E-state index contributed by atoms with van der Waals surface area (Å²) in [6, 6.07) is 2.26. The molecule has 174 valence electrons. The normalized spacial score (nSPS) is 19.2. The second-order valence-corrected chi connectivity index (χ2v) is 6.88. The number of hydrogen-bond acceptors (Lipinski definition) is 6. The van der Waals surface area contributed by atoms with Crippen LogP contribution in [0.5, 0.6) is 0 Å². The van der Waals surface area contributed by atoms with E-state index < -0.39 is 11.9 Å². The monoisotopic (exact) mass is 435 g/mol. The number of halogens is 1. The fraction of sp³-hybridized carbons (Fsp3) is 0.565. The first-order valence-electron chi connectivity index (χ1n) is 10.9. The number of likely N-dealkylation sites (tertiary alicyclic amines) is 1. The number of nitrogens with zero attached hydrogens (tertiary/aromatic N) is 2. The van der Waals surface area contributed by atoms with E-state index in [1.807, 2.05) is 39.5 Å². The molecule has 1 saturated heterocycles. The molecule has 8 heteroatoms. The van der Waals surface area contributed by atoms with Gasteiger partial charge >= 0.3 is 0 Å². The van der Waals surface area contributed by atoms with E-state index in [1.165, 1.54) is 25.3 Å². The Morgan fingerprint density at radius 2 is 1.90 bits per heavy atom. The highest BCUT2D eigenvalue weighted by molar-refractivity contribution is 5.99. The molecule has 1 aromatic heterocycles. The van der Waals surface area contributed by atoms with E-state index >= 15 is 0 Å². The maximum atomic E-state index is 12.9. The van der Waals surface area contributed by atoms with Gasteiger partial charge in [-0.3, -0.25) is 15.1 Å². The number of nitrogens with one attached hydrogen (secondary N) is 3. The molecule has 2 rings (SSSR count). The van der Waals surface area contributed by atoms with Gasteiger partial charge in [0.25, 0.3) is 0 Å². The van der Waals surface area contributed by atoms with Gasteiger partial charge in [0, 0.05) is 30.8 Å². The van der Waals surface area contributed by atoms with Crippen LogP contribution >= 0.6 is 0 Å². The number of carbonyl (C=O) groups is 1. The van der Waals surface area contributed by atoms with Gasteiger partial charge in [-0.15, -0.1) is 0 Å². The number of ether oxygens (including phenoxy) is 1. The molecule has 3 N–H and O–H groups in total. The third kappa shape index (κ3) is 9.83. The van der Waals surface area contributed by atoms with Gasteiger partial charge < -0.3 is 15.5 Å². The number of anilines is 1. The first-order chi connectivity index (χ1) is 14.8. The topological polar surface area (TPSA) is 102 Å². The molecule has 0 spiro atoms. The van der Waals surface area contributed by atoms with Gasteiger partial charge in [0.15, 0.2) is 0 Å². The molecule has 2 heterocycles. The fourth-order valence-corrected chi connectivity index (χ4v) is 3.15. The van der Waals surface area contributed by atoms with Gasteiger partial charge in [0.2, 0.25) is 11.8 Å². The van der Waals surface area contributed by atoms with E-state index in [0.717, 1.165) is 19.2 Å². The molecular weight excluding hydrogens is 397 g/mol. The molecule has 0 aromatic carbocycles. The lowest BCUT2D eigenvalue weighted by Crippen LogP contribution is -2.50. The summed E-state index contributed by atoms with van der Waals surface area (Å²) in [5, 5.41) is 18.4. The molecule has 1 aromatic rings. The van der Waals surface area contributed by atoms with Crippen LogP contribution in [0.3, 0.4) is 0 Å². The Morgan fingerprint density at radius 3 is 2.45 bits per heavy atom. The van der Waals surface area contributed by atoms with Crippen molar-refractivity contribution in [1.82, 2.24) is 9.88 Å². The van der Waals surface area contributed by atoms with Crippen LogP contribution in [0.2, 0.25) is 0 Å². The third-order valence-corrected chi connectivity index (χ3v) is 4.67. The average Bonchev–Trinajstić information content (AvgIpc) is 2.80. The standard InChI is InChI=1S/C19H26FN5O2.2C2H6/c1-12-8-14(16(21)5-6-17(22)27-3)11-25(10-12)13(2)19(26)24-18-7-4-15(20)9-23-18;2*1-2/h4-7,9,12-14,21-22H,8,10-11H2,1-3H3,(H,23,24,26);2*1-2H3/b6-5-,21-16?,22-17?;;. The Morgan fingerprint density at radius 1 is 1.26 bits per heavy atom. The molecule has 31 heavy (non-hydrogen) atoms. The lowest BCUT2D eigenvalue weighted by molar-refractivity contribution is -0.121. The number of allylic oxidation sites excluding steroid dienone is 1. The van der Waals surface area contributed by atoms with Crippen molar-refractivity contribution >= 4 is 23.3 Å². The summed E-state index contributed by atoms with van der Waals surface area (Å²) >= 11 is 0. The molecule has 0 saturated carbocycles. The Bertz CT molecular complexity index is 721. The highest BCUT2D eigenvalue weighted by Gasteiger charge is 2.32. The van der Waals surface area contributed by atoms with Crippen molar-refractivity contribution in [3.8, 4) is 0 Å². The molecule has 1 fully saturated rings. The predicted octanol–water partition coefficient (Wildman–Crippen LogP) is 4.76. The number of carbonyl (C=O) groups excluding carboxylic acids is 1. The molecule has 7 nitrogen and oxygen atoms in total. The van der Waals surface area contributed by atoms with E-state index in [1.54, 1.807) is 6.08 Å². The average molecular weight is 436 g/mol. The van der Waals surface area contributed by atoms with Crippen LogP contribution in [0.25, 0.3) is 0 Å². The number of amides is 1. The van der Waals surface area contributed by atoms with Crippen molar-refractivity contribution in [3.05, 3.63) is 36.3 Å². The SMILES string of the molecule is CC.CC.COC(=N)/C=C\C(=N)C1CC(C)CN(C(C)C(=O)Nc2ccc(F)cn2)C1.